The fourth-order valence-electron chi connectivity index (χ4n) is 2.37. The summed E-state index contributed by atoms with van der Waals surface area (Å²) in [4.78, 5) is 47.7. The van der Waals surface area contributed by atoms with Gasteiger partial charge < -0.3 is 14.4 Å². The number of imide groups is 1. The lowest BCUT2D eigenvalue weighted by Gasteiger charge is -2.15. The van der Waals surface area contributed by atoms with Gasteiger partial charge in [-0.3, -0.25) is 14.9 Å². The van der Waals surface area contributed by atoms with Crippen molar-refractivity contribution >= 4 is 23.9 Å². The van der Waals surface area contributed by atoms with E-state index in [1.54, 1.807) is 36.1 Å². The normalized spacial score (nSPS) is 13.5. The molecule has 0 bridgehead atoms. The maximum absolute atomic E-state index is 11.9. The molecule has 1 aromatic carbocycles. The first kappa shape index (κ1) is 18.4. The molecule has 8 nitrogen and oxygen atoms in total. The Bertz CT molecular complexity index is 656. The largest absolute Gasteiger partial charge is 0.452 e. The lowest BCUT2D eigenvalue weighted by Crippen LogP contribution is -2.34. The monoisotopic (exact) mass is 348 g/mol. The molecule has 1 saturated heterocycles. The number of carbonyl (C=O) groups excluding carboxylic acids is 4. The highest BCUT2D eigenvalue weighted by atomic mass is 16.6. The Kier molecular flexibility index (Phi) is 6.50. The van der Waals surface area contributed by atoms with Gasteiger partial charge in [0.25, 0.3) is 5.91 Å². The van der Waals surface area contributed by atoms with E-state index in [9.17, 15) is 19.2 Å². The summed E-state index contributed by atoms with van der Waals surface area (Å²) in [5, 5.41) is 1.93. The number of hydrogen-bond acceptors (Lipinski definition) is 6. The van der Waals surface area contributed by atoms with E-state index in [1.807, 2.05) is 5.32 Å². The topological polar surface area (TPSA) is 102 Å². The van der Waals surface area contributed by atoms with Gasteiger partial charge >= 0.3 is 12.1 Å². The summed E-state index contributed by atoms with van der Waals surface area (Å²) in [6.07, 6.45) is 0.569. The van der Waals surface area contributed by atoms with Crippen LogP contribution >= 0.6 is 0 Å². The Morgan fingerprint density at radius 1 is 1.16 bits per heavy atom. The van der Waals surface area contributed by atoms with E-state index in [-0.39, 0.29) is 18.1 Å². The number of nitrogens with zero attached hydrogens (tertiary/aromatic N) is 1. The summed E-state index contributed by atoms with van der Waals surface area (Å²) < 4.78 is 9.38. The summed E-state index contributed by atoms with van der Waals surface area (Å²) in [5.74, 6) is -1.31. The zero-order chi connectivity index (χ0) is 18.2. The van der Waals surface area contributed by atoms with Crippen molar-refractivity contribution in [2.75, 3.05) is 19.8 Å². The predicted octanol–water partition coefficient (Wildman–Crippen LogP) is 1.24. The van der Waals surface area contributed by atoms with E-state index in [2.05, 4.69) is 4.74 Å². The molecule has 0 spiro atoms. The Morgan fingerprint density at radius 3 is 2.48 bits per heavy atom. The fraction of sp³-hybridized carbons (Fsp3) is 0.412. The summed E-state index contributed by atoms with van der Waals surface area (Å²) >= 11 is 0. The van der Waals surface area contributed by atoms with Crippen LogP contribution in [0.2, 0.25) is 0 Å². The summed E-state index contributed by atoms with van der Waals surface area (Å²) in [6.45, 7) is 2.41. The molecule has 0 atom stereocenters. The van der Waals surface area contributed by atoms with Crippen LogP contribution in [0.3, 0.4) is 0 Å². The third-order valence-electron chi connectivity index (χ3n) is 3.59. The Labute approximate surface area is 145 Å². The molecule has 3 amide bonds. The number of ether oxygens (including phenoxy) is 2. The van der Waals surface area contributed by atoms with E-state index in [0.717, 1.165) is 18.5 Å². The third-order valence-corrected chi connectivity index (χ3v) is 3.59. The van der Waals surface area contributed by atoms with E-state index < -0.39 is 24.6 Å². The average molecular weight is 348 g/mol. The second-order valence-electron chi connectivity index (χ2n) is 5.46. The maximum Gasteiger partial charge on any atom is 0.413 e. The maximum atomic E-state index is 11.9. The smallest absolute Gasteiger partial charge is 0.413 e. The van der Waals surface area contributed by atoms with Gasteiger partial charge in [-0.1, -0.05) is 12.1 Å². The molecule has 1 heterocycles. The number of benzene rings is 1. The zero-order valence-electron chi connectivity index (χ0n) is 13.9. The Balaban J connectivity index is 1.80. The molecule has 1 N–H and O–H groups in total. The Morgan fingerprint density at radius 2 is 1.88 bits per heavy atom. The van der Waals surface area contributed by atoms with Crippen molar-refractivity contribution < 1.29 is 28.7 Å². The van der Waals surface area contributed by atoms with Crippen molar-refractivity contribution in [1.29, 1.82) is 0 Å². The highest BCUT2D eigenvalue weighted by Crippen LogP contribution is 2.15. The third kappa shape index (κ3) is 5.59. The van der Waals surface area contributed by atoms with Gasteiger partial charge in [0.2, 0.25) is 5.91 Å². The first-order chi connectivity index (χ1) is 12.0. The van der Waals surface area contributed by atoms with Crippen LogP contribution in [0.1, 0.15) is 35.7 Å². The minimum absolute atomic E-state index is 0.133. The van der Waals surface area contributed by atoms with Crippen LogP contribution in [0.15, 0.2) is 24.3 Å². The van der Waals surface area contributed by atoms with Gasteiger partial charge in [-0.05, 0) is 31.0 Å². The van der Waals surface area contributed by atoms with E-state index in [0.29, 0.717) is 13.0 Å². The van der Waals surface area contributed by atoms with E-state index in [1.165, 1.54) is 0 Å². The van der Waals surface area contributed by atoms with Crippen molar-refractivity contribution in [2.24, 2.45) is 0 Å². The van der Waals surface area contributed by atoms with Gasteiger partial charge in [0.1, 0.15) is 0 Å². The lowest BCUT2D eigenvalue weighted by atomic mass is 10.1. The number of amides is 3. The molecule has 2 rings (SSSR count). The molecule has 0 radical (unpaired) electrons. The molecule has 0 aromatic heterocycles. The van der Waals surface area contributed by atoms with Gasteiger partial charge in [0.05, 0.1) is 12.2 Å². The number of rotatable bonds is 6. The van der Waals surface area contributed by atoms with Gasteiger partial charge in [-0.25, -0.2) is 9.59 Å². The molecule has 8 heteroatoms. The summed E-state index contributed by atoms with van der Waals surface area (Å²) in [7, 11) is 0. The quantitative estimate of drug-likeness (QED) is 0.776. The van der Waals surface area contributed by atoms with Crippen molar-refractivity contribution in [3.05, 3.63) is 35.4 Å². The number of esters is 1. The first-order valence-electron chi connectivity index (χ1n) is 8.00. The van der Waals surface area contributed by atoms with Crippen molar-refractivity contribution in [2.45, 2.75) is 26.3 Å². The highest BCUT2D eigenvalue weighted by molar-refractivity contribution is 5.95. The predicted molar refractivity (Wildman–Crippen MR) is 86.5 cm³/mol. The second kappa shape index (κ2) is 8.81. The van der Waals surface area contributed by atoms with Gasteiger partial charge in [0.15, 0.2) is 6.61 Å². The van der Waals surface area contributed by atoms with Crippen LogP contribution in [0.5, 0.6) is 0 Å². The summed E-state index contributed by atoms with van der Waals surface area (Å²) in [6, 6.07) is 6.62. The van der Waals surface area contributed by atoms with Gasteiger partial charge in [0, 0.05) is 19.5 Å². The minimum Gasteiger partial charge on any atom is -0.452 e. The van der Waals surface area contributed by atoms with Crippen molar-refractivity contribution in [3.8, 4) is 0 Å². The molecule has 25 heavy (non-hydrogen) atoms. The summed E-state index contributed by atoms with van der Waals surface area (Å²) in [5.41, 5.74) is 1.19. The van der Waals surface area contributed by atoms with Crippen LogP contribution in [0, 0.1) is 0 Å². The average Bonchev–Trinajstić information content (AvgIpc) is 2.98. The second-order valence-corrected chi connectivity index (χ2v) is 5.46. The molecule has 1 aliphatic rings. The number of carbonyl (C=O) groups is 4. The van der Waals surface area contributed by atoms with Crippen molar-refractivity contribution in [1.82, 2.24) is 10.2 Å². The molecule has 1 fully saturated rings. The lowest BCUT2D eigenvalue weighted by molar-refractivity contribution is -0.128. The molecule has 0 aliphatic carbocycles. The molecule has 1 aromatic rings. The van der Waals surface area contributed by atoms with E-state index >= 15 is 0 Å². The Hall–Kier alpha value is -2.90. The van der Waals surface area contributed by atoms with Crippen LogP contribution in [0.25, 0.3) is 0 Å². The first-order valence-corrected chi connectivity index (χ1v) is 8.00. The SMILES string of the molecule is CCOC(=O)NC(=O)COC(=O)c1ccc(CN2CCCC2=O)cc1. The van der Waals surface area contributed by atoms with Gasteiger partial charge in [-0.15, -0.1) is 0 Å². The fourth-order valence-corrected chi connectivity index (χ4v) is 2.37. The van der Waals surface area contributed by atoms with Crippen LogP contribution in [0.4, 0.5) is 4.79 Å². The molecule has 134 valence electrons. The van der Waals surface area contributed by atoms with Gasteiger partial charge in [-0.2, -0.15) is 0 Å². The number of likely N-dealkylation sites (tertiary alicyclic amines) is 1. The minimum atomic E-state index is -0.885. The number of nitrogens with one attached hydrogen (secondary N) is 1. The number of hydrogen-bond donors (Lipinski definition) is 1. The molecular formula is C17H20N2O6. The van der Waals surface area contributed by atoms with Crippen molar-refractivity contribution in [3.63, 3.8) is 0 Å². The zero-order valence-corrected chi connectivity index (χ0v) is 13.9. The molecule has 0 unspecified atom stereocenters. The van der Waals surface area contributed by atoms with Crippen LogP contribution < -0.4 is 5.32 Å². The molecule has 0 saturated carbocycles. The molecule has 1 aliphatic heterocycles. The standard InChI is InChI=1S/C17H20N2O6/c1-2-24-17(23)18-14(20)11-25-16(22)13-7-5-12(6-8-13)10-19-9-3-4-15(19)21/h5-8H,2-4,9-11H2,1H3,(H,18,20,23). The number of alkyl carbamates (subject to hydrolysis) is 1. The van der Waals surface area contributed by atoms with Crippen LogP contribution in [-0.4, -0.2) is 48.5 Å². The van der Waals surface area contributed by atoms with E-state index in [4.69, 9.17) is 4.74 Å². The molecular weight excluding hydrogens is 328 g/mol. The highest BCUT2D eigenvalue weighted by Gasteiger charge is 2.20. The van der Waals surface area contributed by atoms with Crippen LogP contribution in [-0.2, 0) is 25.6 Å².